The van der Waals surface area contributed by atoms with Crippen LogP contribution in [0.4, 0.5) is 10.1 Å². The summed E-state index contributed by atoms with van der Waals surface area (Å²) < 4.78 is 17.7. The second-order valence-corrected chi connectivity index (χ2v) is 10.7. The van der Waals surface area contributed by atoms with Crippen molar-refractivity contribution in [3.05, 3.63) is 52.5 Å². The molecule has 2 aromatic carbocycles. The highest BCUT2D eigenvalue weighted by molar-refractivity contribution is 6.31. The van der Waals surface area contributed by atoms with Crippen molar-refractivity contribution >= 4 is 34.2 Å². The first-order valence-electron chi connectivity index (χ1n) is 12.6. The van der Waals surface area contributed by atoms with E-state index in [4.69, 9.17) is 11.6 Å². The Kier molecular flexibility index (Phi) is 6.78. The zero-order valence-electron chi connectivity index (χ0n) is 20.4. The number of nitrogens with zero attached hydrogens (tertiary/aromatic N) is 2. The second kappa shape index (κ2) is 9.82. The van der Waals surface area contributed by atoms with Gasteiger partial charge in [0.05, 0.1) is 11.3 Å². The monoisotopic (exact) mass is 497 g/mol. The highest BCUT2D eigenvalue weighted by Crippen LogP contribution is 2.48. The first-order chi connectivity index (χ1) is 16.8. The first-order valence-corrected chi connectivity index (χ1v) is 13.0. The molecule has 1 aliphatic heterocycles. The number of rotatable bonds is 5. The van der Waals surface area contributed by atoms with Crippen molar-refractivity contribution in [1.82, 2.24) is 9.47 Å². The van der Waals surface area contributed by atoms with Crippen LogP contribution in [-0.4, -0.2) is 53.4 Å². The van der Waals surface area contributed by atoms with Gasteiger partial charge >= 0.3 is 5.97 Å². The minimum atomic E-state index is -0.950. The number of benzene rings is 2. The molecule has 35 heavy (non-hydrogen) atoms. The Balaban J connectivity index is 1.75. The van der Waals surface area contributed by atoms with Crippen LogP contribution in [0, 0.1) is 0 Å². The van der Waals surface area contributed by atoms with Crippen molar-refractivity contribution in [3.8, 4) is 11.3 Å². The lowest BCUT2D eigenvalue weighted by Gasteiger charge is -2.30. The van der Waals surface area contributed by atoms with Crippen LogP contribution in [0.5, 0.6) is 0 Å². The molecule has 2 aliphatic rings. The van der Waals surface area contributed by atoms with Crippen LogP contribution in [0.15, 0.2) is 36.4 Å². The SMILES string of the molecule is CN(C)CCC1CCn2c(c(C3CCCC[C@@H]3F)c3ccc(C(=O)O)cc32)-c2ccc(Cl)cc2N1. The lowest BCUT2D eigenvalue weighted by Crippen LogP contribution is -2.28. The number of carboxylic acid groups (broad SMARTS) is 1. The molecule has 0 radical (unpaired) electrons. The molecule has 2 heterocycles. The number of halogens is 2. The molecule has 0 bridgehead atoms. The predicted molar refractivity (Wildman–Crippen MR) is 141 cm³/mol. The largest absolute Gasteiger partial charge is 0.478 e. The van der Waals surface area contributed by atoms with Crippen LogP contribution < -0.4 is 5.32 Å². The summed E-state index contributed by atoms with van der Waals surface area (Å²) in [7, 11) is 4.14. The van der Waals surface area contributed by atoms with Crippen molar-refractivity contribution in [2.75, 3.05) is 26.0 Å². The van der Waals surface area contributed by atoms with Crippen LogP contribution in [-0.2, 0) is 6.54 Å². The number of hydrogen-bond acceptors (Lipinski definition) is 3. The number of anilines is 1. The van der Waals surface area contributed by atoms with Crippen molar-refractivity contribution in [2.45, 2.75) is 63.2 Å². The lowest BCUT2D eigenvalue weighted by atomic mass is 9.80. The van der Waals surface area contributed by atoms with Crippen molar-refractivity contribution in [2.24, 2.45) is 0 Å². The van der Waals surface area contributed by atoms with E-state index in [1.54, 1.807) is 12.1 Å². The van der Waals surface area contributed by atoms with Gasteiger partial charge in [-0.3, -0.25) is 0 Å². The van der Waals surface area contributed by atoms with E-state index in [-0.39, 0.29) is 17.5 Å². The zero-order valence-corrected chi connectivity index (χ0v) is 21.1. The van der Waals surface area contributed by atoms with E-state index in [0.717, 1.165) is 78.6 Å². The number of aromatic carboxylic acids is 1. The van der Waals surface area contributed by atoms with Crippen LogP contribution in [0.1, 0.15) is 60.4 Å². The van der Waals surface area contributed by atoms with Gasteiger partial charge in [0.2, 0.25) is 0 Å². The molecule has 1 aliphatic carbocycles. The third-order valence-electron chi connectivity index (χ3n) is 7.63. The molecular formula is C28H33ClFN3O2. The first kappa shape index (κ1) is 24.1. The molecule has 3 atom stereocenters. The van der Waals surface area contributed by atoms with E-state index in [1.165, 1.54) is 0 Å². The maximum absolute atomic E-state index is 15.4. The Morgan fingerprint density at radius 1 is 1.17 bits per heavy atom. The van der Waals surface area contributed by atoms with Gasteiger partial charge in [-0.25, -0.2) is 9.18 Å². The van der Waals surface area contributed by atoms with Gasteiger partial charge in [0.1, 0.15) is 6.17 Å². The molecule has 0 spiro atoms. The maximum Gasteiger partial charge on any atom is 0.335 e. The molecule has 1 aromatic heterocycles. The Hall–Kier alpha value is -2.57. The smallest absolute Gasteiger partial charge is 0.335 e. The number of fused-ring (bicyclic) bond motifs is 5. The summed E-state index contributed by atoms with van der Waals surface area (Å²) in [5.41, 5.74) is 5.11. The molecular weight excluding hydrogens is 465 g/mol. The summed E-state index contributed by atoms with van der Waals surface area (Å²) in [6, 6.07) is 11.4. The van der Waals surface area contributed by atoms with Gasteiger partial charge in [-0.2, -0.15) is 0 Å². The molecule has 2 N–H and O–H groups in total. The van der Waals surface area contributed by atoms with E-state index in [2.05, 4.69) is 28.9 Å². The summed E-state index contributed by atoms with van der Waals surface area (Å²) in [5, 5.41) is 15.1. The molecule has 0 amide bonds. The molecule has 3 aromatic rings. The third kappa shape index (κ3) is 4.66. The number of aromatic nitrogens is 1. The summed E-state index contributed by atoms with van der Waals surface area (Å²) in [4.78, 5) is 14.0. The van der Waals surface area contributed by atoms with E-state index >= 15 is 4.39 Å². The average molecular weight is 498 g/mol. The molecule has 1 fully saturated rings. The Bertz CT molecular complexity index is 1250. The molecule has 5 rings (SSSR count). The molecule has 1 saturated carbocycles. The topological polar surface area (TPSA) is 57.5 Å². The fraction of sp³-hybridized carbons (Fsp3) is 0.464. The van der Waals surface area contributed by atoms with Gasteiger partial charge in [-0.1, -0.05) is 30.5 Å². The van der Waals surface area contributed by atoms with E-state index in [1.807, 2.05) is 24.3 Å². The number of alkyl halides is 1. The Labute approximate surface area is 210 Å². The summed E-state index contributed by atoms with van der Waals surface area (Å²) in [6.07, 6.45) is 4.23. The summed E-state index contributed by atoms with van der Waals surface area (Å²) in [6.45, 7) is 1.68. The van der Waals surface area contributed by atoms with Gasteiger partial charge in [-0.05, 0) is 82.2 Å². The molecule has 2 unspecified atom stereocenters. The minimum absolute atomic E-state index is 0.203. The van der Waals surface area contributed by atoms with Crippen molar-refractivity contribution in [3.63, 3.8) is 0 Å². The standard InChI is InChI=1S/C28H33ClFN3O2/c1-32(2)13-11-19-12-14-33-25-15-17(28(34)35)7-9-22(25)26(20-5-3-4-6-23(20)30)27(33)21-10-8-18(29)16-24(21)31-19/h7-10,15-16,19-20,23,31H,3-6,11-14H2,1-2H3,(H,34,35)/t19?,20?,23-/m0/s1. The van der Waals surface area contributed by atoms with Crippen molar-refractivity contribution in [1.29, 1.82) is 0 Å². The molecule has 5 nitrogen and oxygen atoms in total. The van der Waals surface area contributed by atoms with Crippen LogP contribution in [0.2, 0.25) is 5.02 Å². The Morgan fingerprint density at radius 3 is 2.71 bits per heavy atom. The second-order valence-electron chi connectivity index (χ2n) is 10.3. The van der Waals surface area contributed by atoms with Gasteiger partial charge in [0.15, 0.2) is 0 Å². The summed E-state index contributed by atoms with van der Waals surface area (Å²) in [5.74, 6) is -1.15. The average Bonchev–Trinajstić information content (AvgIpc) is 3.12. The number of nitrogens with one attached hydrogen (secondary N) is 1. The van der Waals surface area contributed by atoms with Crippen LogP contribution in [0.25, 0.3) is 22.2 Å². The van der Waals surface area contributed by atoms with Gasteiger partial charge < -0.3 is 19.9 Å². The third-order valence-corrected chi connectivity index (χ3v) is 7.86. The summed E-state index contributed by atoms with van der Waals surface area (Å²) >= 11 is 6.44. The quantitative estimate of drug-likeness (QED) is 0.407. The number of aryl methyl sites for hydroxylation is 1. The highest BCUT2D eigenvalue weighted by Gasteiger charge is 2.34. The van der Waals surface area contributed by atoms with Crippen LogP contribution >= 0.6 is 11.6 Å². The molecule has 7 heteroatoms. The van der Waals surface area contributed by atoms with Crippen molar-refractivity contribution < 1.29 is 14.3 Å². The van der Waals surface area contributed by atoms with Gasteiger partial charge in [-0.15, -0.1) is 0 Å². The predicted octanol–water partition coefficient (Wildman–Crippen LogP) is 6.79. The highest BCUT2D eigenvalue weighted by atomic mass is 35.5. The number of carbonyl (C=O) groups is 1. The maximum atomic E-state index is 15.4. The fourth-order valence-electron chi connectivity index (χ4n) is 5.87. The Morgan fingerprint density at radius 2 is 1.97 bits per heavy atom. The minimum Gasteiger partial charge on any atom is -0.478 e. The lowest BCUT2D eigenvalue weighted by molar-refractivity contribution is 0.0697. The normalized spacial score (nSPS) is 22.3. The van der Waals surface area contributed by atoms with E-state index in [9.17, 15) is 9.90 Å². The van der Waals surface area contributed by atoms with E-state index in [0.29, 0.717) is 11.4 Å². The van der Waals surface area contributed by atoms with E-state index < -0.39 is 12.1 Å². The van der Waals surface area contributed by atoms with Crippen LogP contribution in [0.3, 0.4) is 0 Å². The molecule has 186 valence electrons. The van der Waals surface area contributed by atoms with Gasteiger partial charge in [0, 0.05) is 45.7 Å². The zero-order chi connectivity index (χ0) is 24.7. The fourth-order valence-corrected chi connectivity index (χ4v) is 6.04. The molecule has 0 saturated heterocycles. The van der Waals surface area contributed by atoms with Gasteiger partial charge in [0.25, 0.3) is 0 Å². The number of carboxylic acids is 1. The number of hydrogen-bond donors (Lipinski definition) is 2.